The van der Waals surface area contributed by atoms with Crippen LogP contribution in [-0.4, -0.2) is 59.8 Å². The molecule has 0 amide bonds. The van der Waals surface area contributed by atoms with Crippen molar-refractivity contribution in [3.8, 4) is 0 Å². The molecular formula is C22H29N3O. The van der Waals surface area contributed by atoms with Crippen LogP contribution in [0.15, 0.2) is 24.4 Å². The highest BCUT2D eigenvalue weighted by molar-refractivity contribution is 5.89. The van der Waals surface area contributed by atoms with Gasteiger partial charge in [0.25, 0.3) is 0 Å². The van der Waals surface area contributed by atoms with E-state index in [9.17, 15) is 4.79 Å². The van der Waals surface area contributed by atoms with E-state index in [1.807, 2.05) is 0 Å². The van der Waals surface area contributed by atoms with Crippen LogP contribution in [0.1, 0.15) is 42.7 Å². The number of Topliss-reactive ketones (excluding diaryl/α,β-unsaturated/α-hetero) is 1. The summed E-state index contributed by atoms with van der Waals surface area (Å²) >= 11 is 0. The number of rotatable bonds is 3. The molecule has 3 heterocycles. The minimum Gasteiger partial charge on any atom is -0.361 e. The second-order valence-electron chi connectivity index (χ2n) is 8.64. The highest BCUT2D eigenvalue weighted by Gasteiger charge is 2.41. The van der Waals surface area contributed by atoms with Crippen LogP contribution in [-0.2, 0) is 11.2 Å². The average Bonchev–Trinajstić information content (AvgIpc) is 3.08. The highest BCUT2D eigenvalue weighted by Crippen LogP contribution is 2.44. The molecule has 0 spiro atoms. The molecule has 138 valence electrons. The van der Waals surface area contributed by atoms with Crippen LogP contribution in [0.3, 0.4) is 0 Å². The van der Waals surface area contributed by atoms with E-state index >= 15 is 0 Å². The van der Waals surface area contributed by atoms with Crippen LogP contribution in [0.4, 0.5) is 0 Å². The Morgan fingerprint density at radius 2 is 2.08 bits per heavy atom. The molecule has 26 heavy (non-hydrogen) atoms. The summed E-state index contributed by atoms with van der Waals surface area (Å²) in [5.74, 6) is 1.12. The number of likely N-dealkylation sites (tertiary alicyclic amines) is 2. The SMILES string of the molecule is CN1CC(C(=O)CN2CCCCC2)C[C@@H]2c3cccc4[nH]cc(c34)C[C@H]21. The number of nitrogens with zero attached hydrogens (tertiary/aromatic N) is 2. The summed E-state index contributed by atoms with van der Waals surface area (Å²) in [5, 5.41) is 1.42. The minimum atomic E-state index is 0.180. The Hall–Kier alpha value is -1.65. The van der Waals surface area contributed by atoms with Gasteiger partial charge in [0.1, 0.15) is 0 Å². The molecule has 2 aliphatic heterocycles. The molecule has 3 aliphatic rings. The lowest BCUT2D eigenvalue weighted by molar-refractivity contribution is -0.126. The molecule has 5 rings (SSSR count). The molecule has 0 bridgehead atoms. The lowest BCUT2D eigenvalue weighted by Crippen LogP contribution is -2.51. The Morgan fingerprint density at radius 3 is 2.92 bits per heavy atom. The molecule has 4 nitrogen and oxygen atoms in total. The number of H-pyrrole nitrogens is 1. The molecular weight excluding hydrogens is 322 g/mol. The quantitative estimate of drug-likeness (QED) is 0.923. The summed E-state index contributed by atoms with van der Waals surface area (Å²) < 4.78 is 0. The number of aromatic nitrogens is 1. The zero-order valence-corrected chi connectivity index (χ0v) is 15.7. The number of hydrogen-bond acceptors (Lipinski definition) is 3. The van der Waals surface area contributed by atoms with Crippen molar-refractivity contribution in [1.82, 2.24) is 14.8 Å². The van der Waals surface area contributed by atoms with Crippen LogP contribution in [0.25, 0.3) is 10.9 Å². The van der Waals surface area contributed by atoms with E-state index in [4.69, 9.17) is 0 Å². The van der Waals surface area contributed by atoms with E-state index in [-0.39, 0.29) is 5.92 Å². The van der Waals surface area contributed by atoms with Gasteiger partial charge in [-0.05, 0) is 63.0 Å². The van der Waals surface area contributed by atoms with Crippen LogP contribution in [0.5, 0.6) is 0 Å². The van der Waals surface area contributed by atoms with E-state index in [1.165, 1.54) is 41.3 Å². The molecule has 2 fully saturated rings. The third-order valence-corrected chi connectivity index (χ3v) is 7.01. The van der Waals surface area contributed by atoms with Crippen molar-refractivity contribution in [3.63, 3.8) is 0 Å². The van der Waals surface area contributed by atoms with Crippen LogP contribution in [0.2, 0.25) is 0 Å². The second-order valence-corrected chi connectivity index (χ2v) is 8.64. The number of aromatic amines is 1. The van der Waals surface area contributed by atoms with Gasteiger partial charge in [-0.15, -0.1) is 0 Å². The smallest absolute Gasteiger partial charge is 0.151 e. The molecule has 0 radical (unpaired) electrons. The van der Waals surface area contributed by atoms with E-state index in [1.54, 1.807) is 0 Å². The molecule has 1 aromatic carbocycles. The first-order valence-electron chi connectivity index (χ1n) is 10.2. The number of piperidine rings is 2. The number of carbonyl (C=O) groups excluding carboxylic acids is 1. The molecule has 1 aliphatic carbocycles. The van der Waals surface area contributed by atoms with Crippen molar-refractivity contribution >= 4 is 16.7 Å². The maximum Gasteiger partial charge on any atom is 0.151 e. The average molecular weight is 351 g/mol. The van der Waals surface area contributed by atoms with Gasteiger partial charge in [0.15, 0.2) is 5.78 Å². The van der Waals surface area contributed by atoms with Gasteiger partial charge < -0.3 is 9.88 Å². The lowest BCUT2D eigenvalue weighted by atomic mass is 9.71. The molecule has 2 aromatic rings. The summed E-state index contributed by atoms with van der Waals surface area (Å²) in [6.45, 7) is 3.79. The van der Waals surface area contributed by atoms with Gasteiger partial charge in [-0.1, -0.05) is 18.6 Å². The van der Waals surface area contributed by atoms with Crippen LogP contribution >= 0.6 is 0 Å². The highest BCUT2D eigenvalue weighted by atomic mass is 16.1. The summed E-state index contributed by atoms with van der Waals surface area (Å²) in [4.78, 5) is 21.3. The van der Waals surface area contributed by atoms with E-state index < -0.39 is 0 Å². The van der Waals surface area contributed by atoms with Gasteiger partial charge >= 0.3 is 0 Å². The van der Waals surface area contributed by atoms with Crippen LogP contribution < -0.4 is 0 Å². The van der Waals surface area contributed by atoms with Gasteiger partial charge in [0.2, 0.25) is 0 Å². The Balaban J connectivity index is 1.39. The van der Waals surface area contributed by atoms with Crippen molar-refractivity contribution in [2.45, 2.75) is 44.1 Å². The molecule has 3 atom stereocenters. The van der Waals surface area contributed by atoms with Gasteiger partial charge in [-0.25, -0.2) is 0 Å². The predicted molar refractivity (Wildman–Crippen MR) is 105 cm³/mol. The van der Waals surface area contributed by atoms with Gasteiger partial charge in [-0.2, -0.15) is 0 Å². The number of likely N-dealkylation sites (N-methyl/N-ethyl adjacent to an activating group) is 1. The number of fused-ring (bicyclic) bond motifs is 2. The molecule has 4 heteroatoms. The van der Waals surface area contributed by atoms with Crippen LogP contribution in [0, 0.1) is 5.92 Å². The topological polar surface area (TPSA) is 39.3 Å². The van der Waals surface area contributed by atoms with Crippen molar-refractivity contribution < 1.29 is 4.79 Å². The summed E-state index contributed by atoms with van der Waals surface area (Å²) in [6, 6.07) is 7.16. The molecule has 1 aromatic heterocycles. The van der Waals surface area contributed by atoms with Crippen molar-refractivity contribution in [1.29, 1.82) is 0 Å². The zero-order chi connectivity index (χ0) is 17.7. The Kier molecular flexibility index (Phi) is 4.13. The zero-order valence-electron chi connectivity index (χ0n) is 15.7. The number of carbonyl (C=O) groups is 1. The summed E-state index contributed by atoms with van der Waals surface area (Å²) in [6.07, 6.45) is 8.13. The van der Waals surface area contributed by atoms with Crippen molar-refractivity contribution in [2.75, 3.05) is 33.2 Å². The summed E-state index contributed by atoms with van der Waals surface area (Å²) in [5.41, 5.74) is 4.15. The maximum absolute atomic E-state index is 13.0. The maximum atomic E-state index is 13.0. The first-order chi connectivity index (χ1) is 12.7. The fourth-order valence-electron chi connectivity index (χ4n) is 5.64. The van der Waals surface area contributed by atoms with E-state index in [0.29, 0.717) is 24.3 Å². The Labute approximate surface area is 155 Å². The van der Waals surface area contributed by atoms with Gasteiger partial charge in [0, 0.05) is 41.5 Å². The number of hydrogen-bond donors (Lipinski definition) is 1. The fraction of sp³-hybridized carbons (Fsp3) is 0.591. The number of nitrogens with one attached hydrogen (secondary N) is 1. The first-order valence-corrected chi connectivity index (χ1v) is 10.2. The molecule has 1 N–H and O–H groups in total. The second kappa shape index (κ2) is 6.50. The Morgan fingerprint density at radius 1 is 1.23 bits per heavy atom. The Bertz CT molecular complexity index is 820. The van der Waals surface area contributed by atoms with Gasteiger partial charge in [0.05, 0.1) is 6.54 Å². The van der Waals surface area contributed by atoms with Crippen molar-refractivity contribution in [2.24, 2.45) is 5.92 Å². The number of benzene rings is 1. The molecule has 1 unspecified atom stereocenters. The first kappa shape index (κ1) is 16.5. The monoisotopic (exact) mass is 351 g/mol. The lowest BCUT2D eigenvalue weighted by Gasteiger charge is -2.45. The fourth-order valence-corrected chi connectivity index (χ4v) is 5.64. The third-order valence-electron chi connectivity index (χ3n) is 7.01. The number of ketones is 1. The normalized spacial score (nSPS) is 29.7. The minimum absolute atomic E-state index is 0.180. The summed E-state index contributed by atoms with van der Waals surface area (Å²) in [7, 11) is 2.22. The standard InChI is InChI=1S/C22H29N3O/c1-24-13-16(21(26)14-25-8-3-2-4-9-25)10-18-17-6-5-7-19-22(17)15(12-23-19)11-20(18)24/h5-7,12,16,18,20,23H,2-4,8-11,13-14H2,1H3/t16?,18-,20-/m1/s1. The van der Waals surface area contributed by atoms with Crippen molar-refractivity contribution in [3.05, 3.63) is 35.5 Å². The third kappa shape index (κ3) is 2.71. The van der Waals surface area contributed by atoms with E-state index in [0.717, 1.165) is 32.5 Å². The van der Waals surface area contributed by atoms with E-state index in [2.05, 4.69) is 46.2 Å². The molecule has 2 saturated heterocycles. The van der Waals surface area contributed by atoms with Gasteiger partial charge in [-0.3, -0.25) is 9.69 Å². The molecule has 0 saturated carbocycles. The predicted octanol–water partition coefficient (Wildman–Crippen LogP) is 3.18. The largest absolute Gasteiger partial charge is 0.361 e.